The van der Waals surface area contributed by atoms with Gasteiger partial charge in [0.15, 0.2) is 5.82 Å². The van der Waals surface area contributed by atoms with Gasteiger partial charge in [0, 0.05) is 5.56 Å². The van der Waals surface area contributed by atoms with E-state index < -0.39 is 40.4 Å². The maximum atomic E-state index is 13.7. The topological polar surface area (TPSA) is 77.7 Å². The summed E-state index contributed by atoms with van der Waals surface area (Å²) in [6.07, 6.45) is -9.19. The molecular formula is C22H14F6N4O2S. The third-order valence-corrected chi connectivity index (χ3v) is 5.50. The van der Waals surface area contributed by atoms with Crippen molar-refractivity contribution >= 4 is 10.7 Å². The van der Waals surface area contributed by atoms with Crippen molar-refractivity contribution in [2.75, 3.05) is 0 Å². The number of hydrogen-bond acceptors (Lipinski definition) is 5. The van der Waals surface area contributed by atoms with Gasteiger partial charge in [-0.3, -0.25) is 0 Å². The predicted octanol–water partition coefficient (Wildman–Crippen LogP) is 5.15. The SMILES string of the molecule is O=[SH](=O)Cc1ccc(-c2nc(C(F)(F)F)nc(-n3nccc3C(F)(F)F)c2-c2ccccc2)cc1. The molecule has 0 amide bonds. The maximum Gasteiger partial charge on any atom is 0.451 e. The summed E-state index contributed by atoms with van der Waals surface area (Å²) < 4.78 is 104. The van der Waals surface area contributed by atoms with Gasteiger partial charge in [-0.1, -0.05) is 54.6 Å². The molecule has 0 spiro atoms. The number of aromatic nitrogens is 4. The summed E-state index contributed by atoms with van der Waals surface area (Å²) in [6, 6.07) is 13.8. The Kier molecular flexibility index (Phi) is 6.36. The van der Waals surface area contributed by atoms with Crippen molar-refractivity contribution in [3.8, 4) is 28.2 Å². The van der Waals surface area contributed by atoms with Crippen LogP contribution in [0.4, 0.5) is 26.3 Å². The number of rotatable bonds is 5. The Morgan fingerprint density at radius 1 is 0.771 bits per heavy atom. The molecule has 35 heavy (non-hydrogen) atoms. The Balaban J connectivity index is 2.07. The summed E-state index contributed by atoms with van der Waals surface area (Å²) in [5, 5.41) is 3.62. The summed E-state index contributed by atoms with van der Waals surface area (Å²) in [7, 11) is -2.74. The van der Waals surface area contributed by atoms with Crippen LogP contribution in [0.15, 0.2) is 66.9 Å². The van der Waals surface area contributed by atoms with Gasteiger partial charge >= 0.3 is 12.4 Å². The Morgan fingerprint density at radius 3 is 2.00 bits per heavy atom. The minimum Gasteiger partial charge on any atom is -0.232 e. The van der Waals surface area contributed by atoms with Crippen molar-refractivity contribution in [1.82, 2.24) is 19.7 Å². The van der Waals surface area contributed by atoms with Crippen LogP contribution in [0.3, 0.4) is 0 Å². The third kappa shape index (κ3) is 5.19. The zero-order valence-corrected chi connectivity index (χ0v) is 18.3. The molecule has 4 aromatic rings. The zero-order valence-electron chi connectivity index (χ0n) is 17.4. The lowest BCUT2D eigenvalue weighted by Crippen LogP contribution is -2.19. The van der Waals surface area contributed by atoms with Gasteiger partial charge in [-0.2, -0.15) is 31.4 Å². The second-order valence-electron chi connectivity index (χ2n) is 7.27. The van der Waals surface area contributed by atoms with Crippen molar-refractivity contribution in [1.29, 1.82) is 0 Å². The second kappa shape index (κ2) is 9.13. The molecule has 6 nitrogen and oxygen atoms in total. The average molecular weight is 512 g/mol. The molecule has 0 N–H and O–H groups in total. The average Bonchev–Trinajstić information content (AvgIpc) is 3.29. The summed E-state index contributed by atoms with van der Waals surface area (Å²) >= 11 is 0. The van der Waals surface area contributed by atoms with Gasteiger partial charge in [0.2, 0.25) is 5.82 Å². The number of hydrogen-bond donors (Lipinski definition) is 1. The van der Waals surface area contributed by atoms with E-state index in [2.05, 4.69) is 15.1 Å². The third-order valence-electron chi connectivity index (χ3n) is 4.88. The number of nitrogens with zero attached hydrogens (tertiary/aromatic N) is 4. The minimum absolute atomic E-state index is 0.114. The summed E-state index contributed by atoms with van der Waals surface area (Å²) in [5.41, 5.74) is -0.985. The molecule has 2 aromatic carbocycles. The molecule has 0 radical (unpaired) electrons. The van der Waals surface area contributed by atoms with Crippen LogP contribution in [0.25, 0.3) is 28.2 Å². The lowest BCUT2D eigenvalue weighted by atomic mass is 9.98. The molecular weight excluding hydrogens is 498 g/mol. The van der Waals surface area contributed by atoms with Crippen LogP contribution in [0.2, 0.25) is 0 Å². The largest absolute Gasteiger partial charge is 0.451 e. The standard InChI is InChI=1S/C22H14F6N4O2S/c23-21(24,25)16-10-11-29-32(16)19-17(14-4-2-1-3-5-14)18(30-20(31-19)22(26,27)28)15-8-6-13(7-9-15)12-35(33)34/h1-11,35H,12H2. The molecule has 2 aromatic heterocycles. The zero-order chi connectivity index (χ0) is 25.4. The van der Waals surface area contributed by atoms with E-state index in [1.165, 1.54) is 36.4 Å². The highest BCUT2D eigenvalue weighted by Crippen LogP contribution is 2.40. The van der Waals surface area contributed by atoms with E-state index in [0.29, 0.717) is 16.3 Å². The molecule has 4 rings (SSSR count). The molecule has 0 aliphatic rings. The molecule has 0 saturated heterocycles. The first-order valence-corrected chi connectivity index (χ1v) is 11.2. The molecule has 0 bridgehead atoms. The number of thiol groups is 1. The van der Waals surface area contributed by atoms with Gasteiger partial charge in [0.1, 0.15) is 16.4 Å². The molecule has 182 valence electrons. The van der Waals surface area contributed by atoms with Gasteiger partial charge in [-0.25, -0.2) is 23.1 Å². The Bertz CT molecular complexity index is 1420. The fourth-order valence-corrected chi connectivity index (χ4v) is 3.92. The van der Waals surface area contributed by atoms with Crippen molar-refractivity contribution < 1.29 is 34.8 Å². The van der Waals surface area contributed by atoms with Crippen LogP contribution < -0.4 is 0 Å². The van der Waals surface area contributed by atoms with Crippen LogP contribution in [0.1, 0.15) is 17.1 Å². The molecule has 0 aliphatic carbocycles. The maximum absolute atomic E-state index is 13.7. The van der Waals surface area contributed by atoms with Gasteiger partial charge in [-0.15, -0.1) is 0 Å². The number of halogens is 6. The molecule has 0 unspecified atom stereocenters. The summed E-state index contributed by atoms with van der Waals surface area (Å²) in [4.78, 5) is 7.13. The molecule has 0 saturated carbocycles. The van der Waals surface area contributed by atoms with Gasteiger partial charge in [0.05, 0.1) is 23.2 Å². The van der Waals surface area contributed by atoms with Gasteiger partial charge < -0.3 is 0 Å². The fraction of sp³-hybridized carbons (Fsp3) is 0.136. The van der Waals surface area contributed by atoms with E-state index >= 15 is 0 Å². The van der Waals surface area contributed by atoms with Crippen molar-refractivity contribution in [2.24, 2.45) is 0 Å². The van der Waals surface area contributed by atoms with Crippen molar-refractivity contribution in [3.63, 3.8) is 0 Å². The van der Waals surface area contributed by atoms with Gasteiger partial charge in [0.25, 0.3) is 0 Å². The van der Waals surface area contributed by atoms with E-state index in [-0.39, 0.29) is 28.1 Å². The molecule has 0 atom stereocenters. The Hall–Kier alpha value is -3.74. The highest BCUT2D eigenvalue weighted by Gasteiger charge is 2.40. The van der Waals surface area contributed by atoms with Gasteiger partial charge in [-0.05, 0) is 17.2 Å². The lowest BCUT2D eigenvalue weighted by Gasteiger charge is -2.19. The monoisotopic (exact) mass is 512 g/mol. The number of alkyl halides is 6. The Labute approximate surface area is 195 Å². The van der Waals surface area contributed by atoms with Crippen molar-refractivity contribution in [2.45, 2.75) is 18.1 Å². The van der Waals surface area contributed by atoms with E-state index in [0.717, 1.165) is 6.20 Å². The van der Waals surface area contributed by atoms with E-state index in [9.17, 15) is 34.8 Å². The predicted molar refractivity (Wildman–Crippen MR) is 114 cm³/mol. The van der Waals surface area contributed by atoms with Crippen LogP contribution >= 0.6 is 0 Å². The van der Waals surface area contributed by atoms with Crippen LogP contribution in [-0.4, -0.2) is 28.2 Å². The number of benzene rings is 2. The highest BCUT2D eigenvalue weighted by atomic mass is 32.2. The second-order valence-corrected chi connectivity index (χ2v) is 8.25. The summed E-state index contributed by atoms with van der Waals surface area (Å²) in [6.45, 7) is 0. The Morgan fingerprint density at radius 2 is 1.43 bits per heavy atom. The van der Waals surface area contributed by atoms with E-state index in [1.807, 2.05) is 0 Å². The van der Waals surface area contributed by atoms with E-state index in [4.69, 9.17) is 0 Å². The molecule has 13 heteroatoms. The molecule has 0 aliphatic heterocycles. The normalized spacial score (nSPS) is 12.3. The van der Waals surface area contributed by atoms with Crippen molar-refractivity contribution in [3.05, 3.63) is 83.9 Å². The molecule has 2 heterocycles. The first kappa shape index (κ1) is 24.4. The quantitative estimate of drug-likeness (QED) is 0.296. The smallest absolute Gasteiger partial charge is 0.232 e. The fourth-order valence-electron chi connectivity index (χ4n) is 3.41. The first-order chi connectivity index (χ1) is 16.4. The van der Waals surface area contributed by atoms with Crippen LogP contribution in [-0.2, 0) is 28.8 Å². The van der Waals surface area contributed by atoms with Crippen LogP contribution in [0, 0.1) is 0 Å². The molecule has 0 fully saturated rings. The lowest BCUT2D eigenvalue weighted by molar-refractivity contribution is -0.145. The summed E-state index contributed by atoms with van der Waals surface area (Å²) in [5.74, 6) is -2.65. The highest BCUT2D eigenvalue weighted by molar-refractivity contribution is 7.71. The van der Waals surface area contributed by atoms with E-state index in [1.54, 1.807) is 18.2 Å². The van der Waals surface area contributed by atoms with Crippen LogP contribution in [0.5, 0.6) is 0 Å². The first-order valence-electron chi connectivity index (χ1n) is 9.82. The minimum atomic E-state index is -5.08.